The van der Waals surface area contributed by atoms with Crippen LogP contribution in [0.15, 0.2) is 0 Å². The molecule has 0 aliphatic heterocycles. The molecule has 0 heterocycles. The van der Waals surface area contributed by atoms with Crippen molar-refractivity contribution in [2.24, 2.45) is 17.8 Å². The third-order valence-electron chi connectivity index (χ3n) is 18.1. The number of phosphoric ester groups is 2. The zero-order valence-corrected chi connectivity index (χ0v) is 65.3. The molecule has 0 fully saturated rings. The monoisotopic (exact) mass is 1420 g/mol. The van der Waals surface area contributed by atoms with Crippen LogP contribution >= 0.6 is 15.6 Å². The van der Waals surface area contributed by atoms with Gasteiger partial charge in [-0.05, 0) is 43.4 Å². The Balaban J connectivity index is 5.19. The normalized spacial score (nSPS) is 14.0. The maximum Gasteiger partial charge on any atom is 0.472 e. The second kappa shape index (κ2) is 68.5. The third-order valence-corrected chi connectivity index (χ3v) is 20.0. The van der Waals surface area contributed by atoms with Gasteiger partial charge >= 0.3 is 39.5 Å². The maximum absolute atomic E-state index is 13.1. The lowest BCUT2D eigenvalue weighted by atomic mass is 10.0. The van der Waals surface area contributed by atoms with Gasteiger partial charge in [0.05, 0.1) is 26.4 Å². The van der Waals surface area contributed by atoms with Gasteiger partial charge in [-0.3, -0.25) is 37.3 Å². The van der Waals surface area contributed by atoms with Crippen molar-refractivity contribution in [3.05, 3.63) is 0 Å². The molecule has 576 valence electrons. The molecule has 0 aliphatic rings. The maximum atomic E-state index is 13.1. The number of aliphatic hydroxyl groups is 1. The number of phosphoric acid groups is 2. The lowest BCUT2D eigenvalue weighted by Crippen LogP contribution is -2.30. The van der Waals surface area contributed by atoms with Gasteiger partial charge in [-0.2, -0.15) is 0 Å². The summed E-state index contributed by atoms with van der Waals surface area (Å²) in [7, 11) is -9.91. The zero-order chi connectivity index (χ0) is 71.6. The van der Waals surface area contributed by atoms with E-state index in [1.165, 1.54) is 205 Å². The Hall–Kier alpha value is -1.94. The Morgan fingerprint density at radius 1 is 0.278 bits per heavy atom. The number of unbranched alkanes of at least 4 members (excludes halogenated alkanes) is 44. The van der Waals surface area contributed by atoms with E-state index in [0.717, 1.165) is 114 Å². The van der Waals surface area contributed by atoms with Gasteiger partial charge in [-0.25, -0.2) is 9.13 Å². The van der Waals surface area contributed by atoms with Gasteiger partial charge in [-0.1, -0.05) is 350 Å². The van der Waals surface area contributed by atoms with Crippen molar-refractivity contribution in [2.45, 2.75) is 420 Å². The standard InChI is InChI=1S/C78H152O17P2/c1-8-9-10-11-12-38-45-52-59-75(80)88-65-73(94-78(83)62-55-48-41-34-28-22-25-31-37-44-51-58-71(6)7)67-92-96(84,85)90-63-72(79)64-91-97(86,87)93-68-74(66-89-76(81)60-53-46-39-32-27-21-24-30-36-43-50-57-70(4)5)95-77(82)61-54-47-40-33-26-20-18-16-14-13-15-17-19-23-29-35-42-49-56-69(2)3/h69-74,79H,8-68H2,1-7H3,(H,84,85)(H,86,87)/t72-,73+,74+/m0/s1. The van der Waals surface area contributed by atoms with Crippen LogP contribution in [0.1, 0.15) is 402 Å². The van der Waals surface area contributed by atoms with E-state index in [-0.39, 0.29) is 25.7 Å². The summed E-state index contributed by atoms with van der Waals surface area (Å²) < 4.78 is 68.5. The summed E-state index contributed by atoms with van der Waals surface area (Å²) in [5.74, 6) is 0.239. The molecule has 0 aromatic heterocycles. The van der Waals surface area contributed by atoms with E-state index in [4.69, 9.17) is 37.0 Å². The number of carbonyl (C=O) groups excluding carboxylic acids is 4. The molecule has 0 aliphatic carbocycles. The molecule has 0 spiro atoms. The fourth-order valence-electron chi connectivity index (χ4n) is 12.0. The highest BCUT2D eigenvalue weighted by Crippen LogP contribution is 2.45. The minimum atomic E-state index is -4.96. The van der Waals surface area contributed by atoms with Crippen LogP contribution in [0.2, 0.25) is 0 Å². The summed E-state index contributed by atoms with van der Waals surface area (Å²) in [6.07, 6.45) is 55.6. The molecule has 97 heavy (non-hydrogen) atoms. The first-order chi connectivity index (χ1) is 46.7. The van der Waals surface area contributed by atoms with Gasteiger partial charge in [0, 0.05) is 25.7 Å². The Bertz CT molecular complexity index is 1890. The zero-order valence-electron chi connectivity index (χ0n) is 63.5. The molecule has 0 aromatic carbocycles. The quantitative estimate of drug-likeness (QED) is 0.0222. The van der Waals surface area contributed by atoms with Crippen LogP contribution in [0, 0.1) is 17.8 Å². The molecular formula is C78H152O17P2. The Morgan fingerprint density at radius 2 is 0.474 bits per heavy atom. The number of aliphatic hydroxyl groups excluding tert-OH is 1. The first-order valence-corrected chi connectivity index (χ1v) is 43.3. The summed E-state index contributed by atoms with van der Waals surface area (Å²) in [5, 5.41) is 10.6. The molecule has 19 heteroatoms. The molecular weight excluding hydrogens is 1270 g/mol. The molecule has 0 radical (unpaired) electrons. The highest BCUT2D eigenvalue weighted by molar-refractivity contribution is 7.47. The predicted molar refractivity (Wildman–Crippen MR) is 395 cm³/mol. The lowest BCUT2D eigenvalue weighted by molar-refractivity contribution is -0.161. The first-order valence-electron chi connectivity index (χ1n) is 40.3. The molecule has 3 N–H and O–H groups in total. The van der Waals surface area contributed by atoms with Crippen molar-refractivity contribution in [1.82, 2.24) is 0 Å². The number of hydrogen-bond donors (Lipinski definition) is 3. The smallest absolute Gasteiger partial charge is 0.462 e. The molecule has 0 aromatic rings. The third kappa shape index (κ3) is 72.2. The van der Waals surface area contributed by atoms with E-state index in [0.29, 0.717) is 25.7 Å². The van der Waals surface area contributed by atoms with Crippen molar-refractivity contribution >= 4 is 39.5 Å². The fourth-order valence-corrected chi connectivity index (χ4v) is 13.5. The molecule has 0 amide bonds. The fraction of sp³-hybridized carbons (Fsp3) is 0.949. The summed E-state index contributed by atoms with van der Waals surface area (Å²) in [4.78, 5) is 72.8. The first kappa shape index (κ1) is 95.1. The van der Waals surface area contributed by atoms with Crippen LogP contribution in [0.3, 0.4) is 0 Å². The average Bonchev–Trinajstić information content (AvgIpc) is 2.84. The second-order valence-electron chi connectivity index (χ2n) is 29.5. The summed E-state index contributed by atoms with van der Waals surface area (Å²) in [6, 6.07) is 0. The number of hydrogen-bond acceptors (Lipinski definition) is 15. The molecule has 0 rings (SSSR count). The summed E-state index contributed by atoms with van der Waals surface area (Å²) in [6.45, 7) is 11.9. The van der Waals surface area contributed by atoms with Crippen LogP contribution in [-0.4, -0.2) is 96.7 Å². The predicted octanol–water partition coefficient (Wildman–Crippen LogP) is 23.0. The van der Waals surface area contributed by atoms with Crippen molar-refractivity contribution in [3.8, 4) is 0 Å². The number of ether oxygens (including phenoxy) is 4. The highest BCUT2D eigenvalue weighted by Gasteiger charge is 2.30. The van der Waals surface area contributed by atoms with Gasteiger partial charge in [0.15, 0.2) is 12.2 Å². The van der Waals surface area contributed by atoms with Crippen LogP contribution in [0.5, 0.6) is 0 Å². The Morgan fingerprint density at radius 3 is 0.701 bits per heavy atom. The van der Waals surface area contributed by atoms with Crippen molar-refractivity contribution < 1.29 is 80.2 Å². The molecule has 0 saturated heterocycles. The average molecular weight is 1420 g/mol. The van der Waals surface area contributed by atoms with Crippen LogP contribution < -0.4 is 0 Å². The minimum Gasteiger partial charge on any atom is -0.462 e. The van der Waals surface area contributed by atoms with Crippen molar-refractivity contribution in [2.75, 3.05) is 39.6 Å². The summed E-state index contributed by atoms with van der Waals surface area (Å²) in [5.41, 5.74) is 0. The largest absolute Gasteiger partial charge is 0.472 e. The van der Waals surface area contributed by atoms with Gasteiger partial charge < -0.3 is 33.8 Å². The van der Waals surface area contributed by atoms with Gasteiger partial charge in [0.1, 0.15) is 19.3 Å². The van der Waals surface area contributed by atoms with E-state index in [9.17, 15) is 43.2 Å². The lowest BCUT2D eigenvalue weighted by Gasteiger charge is -2.21. The Labute approximate surface area is 594 Å². The number of esters is 4. The van der Waals surface area contributed by atoms with E-state index in [1.807, 2.05) is 0 Å². The van der Waals surface area contributed by atoms with Gasteiger partial charge in [0.2, 0.25) is 0 Å². The minimum absolute atomic E-state index is 0.106. The van der Waals surface area contributed by atoms with Gasteiger partial charge in [0.25, 0.3) is 0 Å². The van der Waals surface area contributed by atoms with Crippen LogP contribution in [0.25, 0.3) is 0 Å². The van der Waals surface area contributed by atoms with Crippen molar-refractivity contribution in [1.29, 1.82) is 0 Å². The topological polar surface area (TPSA) is 237 Å². The highest BCUT2D eigenvalue weighted by atomic mass is 31.2. The molecule has 0 bridgehead atoms. The van der Waals surface area contributed by atoms with E-state index in [2.05, 4.69) is 48.5 Å². The molecule has 2 unspecified atom stereocenters. The molecule has 5 atom stereocenters. The van der Waals surface area contributed by atoms with Crippen LogP contribution in [0.4, 0.5) is 0 Å². The number of carbonyl (C=O) groups is 4. The van der Waals surface area contributed by atoms with Crippen LogP contribution in [-0.2, 0) is 65.4 Å². The summed E-state index contributed by atoms with van der Waals surface area (Å²) >= 11 is 0. The number of rotatable bonds is 76. The SMILES string of the molecule is CCCCCCCCCCC(=O)OC[C@H](COP(=O)(O)OC[C@H](O)COP(=O)(O)OC[C@@H](COC(=O)CCCCCCCCCCCCCC(C)C)OC(=O)CCCCCCCCCCCCCCCCCCCCC(C)C)OC(=O)CCCCCCCCCCCCCC(C)C. The van der Waals surface area contributed by atoms with Crippen molar-refractivity contribution in [3.63, 3.8) is 0 Å². The van der Waals surface area contributed by atoms with E-state index < -0.39 is 97.5 Å². The van der Waals surface area contributed by atoms with E-state index >= 15 is 0 Å². The molecule has 17 nitrogen and oxygen atoms in total. The second-order valence-corrected chi connectivity index (χ2v) is 32.4. The molecule has 0 saturated carbocycles. The van der Waals surface area contributed by atoms with E-state index in [1.54, 1.807) is 0 Å². The van der Waals surface area contributed by atoms with Gasteiger partial charge in [-0.15, -0.1) is 0 Å². The Kier molecular flexibility index (Phi) is 67.1.